The molecule has 1 saturated heterocycles. The lowest BCUT2D eigenvalue weighted by atomic mass is 10.1. The summed E-state index contributed by atoms with van der Waals surface area (Å²) in [7, 11) is 0. The smallest absolute Gasteiger partial charge is 0.416 e. The van der Waals surface area contributed by atoms with Gasteiger partial charge in [-0.1, -0.05) is 18.5 Å². The number of benzene rings is 2. The van der Waals surface area contributed by atoms with Crippen LogP contribution in [0.1, 0.15) is 41.3 Å². The van der Waals surface area contributed by atoms with Crippen molar-refractivity contribution in [3.8, 4) is 17.1 Å². The van der Waals surface area contributed by atoms with E-state index in [4.69, 9.17) is 16.6 Å². The standard InChI is InChI=1S/C36H34ClF3N10O4/c1-4-26-30(47-12-14-48(15-13-47)33(53)29-31(52)20(3)41-19-42-29)34(54)50-35(44-32(45-50)22-6-9-27-21(16-22)10-11-46(27)5-2)49(26)18-28(51)43-25-8-7-23(17-24(25)37)36(38,39)40/h6-11,16-17,19,52H,4-5,12-15,18H2,1-3H3,(H,43,51). The molecule has 0 radical (unpaired) electrons. The van der Waals surface area contributed by atoms with E-state index in [-0.39, 0.29) is 77.7 Å². The van der Waals surface area contributed by atoms with Crippen molar-refractivity contribution >= 4 is 51.5 Å². The van der Waals surface area contributed by atoms with E-state index in [0.717, 1.165) is 40.2 Å². The molecule has 0 saturated carbocycles. The summed E-state index contributed by atoms with van der Waals surface area (Å²) in [5.74, 6) is -1.09. The van der Waals surface area contributed by atoms with E-state index in [1.54, 1.807) is 11.5 Å². The van der Waals surface area contributed by atoms with E-state index in [1.807, 2.05) is 49.2 Å². The molecule has 54 heavy (non-hydrogen) atoms. The summed E-state index contributed by atoms with van der Waals surface area (Å²) in [6, 6.07) is 10.3. The first kappa shape index (κ1) is 36.4. The maximum Gasteiger partial charge on any atom is 0.416 e. The number of amides is 2. The predicted octanol–water partition coefficient (Wildman–Crippen LogP) is 5.17. The molecule has 0 spiro atoms. The monoisotopic (exact) mass is 762 g/mol. The van der Waals surface area contributed by atoms with Crippen molar-refractivity contribution in [1.82, 2.24) is 38.6 Å². The number of aryl methyl sites for hydroxylation is 2. The van der Waals surface area contributed by atoms with Crippen molar-refractivity contribution in [2.45, 2.75) is 46.5 Å². The predicted molar refractivity (Wildman–Crippen MR) is 195 cm³/mol. The number of alkyl halides is 3. The molecule has 0 atom stereocenters. The summed E-state index contributed by atoms with van der Waals surface area (Å²) in [5, 5.41) is 18.3. The third-order valence-corrected chi connectivity index (χ3v) is 9.81. The fraction of sp³-hybridized carbons (Fsp3) is 0.306. The molecular weight excluding hydrogens is 729 g/mol. The second-order valence-corrected chi connectivity index (χ2v) is 13.1. The number of rotatable bonds is 8. The van der Waals surface area contributed by atoms with Crippen LogP contribution in [0.4, 0.5) is 24.5 Å². The molecule has 14 nitrogen and oxygen atoms in total. The number of anilines is 2. The van der Waals surface area contributed by atoms with Crippen LogP contribution in [0, 0.1) is 6.92 Å². The average molecular weight is 763 g/mol. The molecule has 7 rings (SSSR count). The molecule has 2 N–H and O–H groups in total. The first-order valence-electron chi connectivity index (χ1n) is 17.1. The fourth-order valence-electron chi connectivity index (χ4n) is 6.70. The number of hydrogen-bond acceptors (Lipinski definition) is 9. The number of aromatic hydroxyl groups is 1. The Balaban J connectivity index is 1.27. The Labute approximate surface area is 310 Å². The van der Waals surface area contributed by atoms with E-state index in [0.29, 0.717) is 11.3 Å². The maximum absolute atomic E-state index is 14.4. The summed E-state index contributed by atoms with van der Waals surface area (Å²) >= 11 is 6.15. The highest BCUT2D eigenvalue weighted by Crippen LogP contribution is 2.34. The van der Waals surface area contributed by atoms with E-state index in [1.165, 1.54) is 11.2 Å². The summed E-state index contributed by atoms with van der Waals surface area (Å²) in [4.78, 5) is 57.3. The Morgan fingerprint density at radius 2 is 1.78 bits per heavy atom. The minimum Gasteiger partial charge on any atom is -0.504 e. The van der Waals surface area contributed by atoms with Gasteiger partial charge in [-0.05, 0) is 62.7 Å². The zero-order chi connectivity index (χ0) is 38.5. The van der Waals surface area contributed by atoms with Crippen LogP contribution in [0.5, 0.6) is 5.75 Å². The highest BCUT2D eigenvalue weighted by Gasteiger charge is 2.32. The van der Waals surface area contributed by atoms with Crippen LogP contribution in [-0.4, -0.2) is 81.7 Å². The molecule has 6 aromatic rings. The van der Waals surface area contributed by atoms with Crippen molar-refractivity contribution in [1.29, 1.82) is 0 Å². The van der Waals surface area contributed by atoms with Gasteiger partial charge in [0.2, 0.25) is 11.7 Å². The SMILES string of the molecule is CCc1c(N2CCN(C(=O)c3ncnc(C)c3O)CC2)c(=O)n2nc(-c3ccc4c(ccn4CC)c3)nc2n1CC(=O)Nc1ccc(C(F)(F)F)cc1Cl. The number of nitrogens with zero attached hydrogens (tertiary/aromatic N) is 9. The van der Waals surface area contributed by atoms with Crippen LogP contribution >= 0.6 is 11.6 Å². The number of carbonyl (C=O) groups is 2. The van der Waals surface area contributed by atoms with Gasteiger partial charge in [0.25, 0.3) is 11.5 Å². The normalized spacial score (nSPS) is 13.6. The van der Waals surface area contributed by atoms with Crippen molar-refractivity contribution < 1.29 is 27.9 Å². The van der Waals surface area contributed by atoms with Crippen LogP contribution in [-0.2, 0) is 30.5 Å². The Morgan fingerprint density at radius 3 is 2.46 bits per heavy atom. The molecule has 1 aliphatic rings. The molecular formula is C36H34ClF3N10O4. The van der Waals surface area contributed by atoms with Crippen LogP contribution in [0.3, 0.4) is 0 Å². The van der Waals surface area contributed by atoms with Crippen molar-refractivity contribution in [2.75, 3.05) is 36.4 Å². The highest BCUT2D eigenvalue weighted by atomic mass is 35.5. The molecule has 280 valence electrons. The molecule has 0 unspecified atom stereocenters. The summed E-state index contributed by atoms with van der Waals surface area (Å²) in [6.07, 6.45) is -1.16. The van der Waals surface area contributed by atoms with Crippen LogP contribution in [0.15, 0.2) is 59.8 Å². The minimum atomic E-state index is -4.62. The average Bonchev–Trinajstić information content (AvgIpc) is 3.79. The number of hydrogen-bond donors (Lipinski definition) is 2. The third-order valence-electron chi connectivity index (χ3n) is 9.49. The first-order valence-corrected chi connectivity index (χ1v) is 17.5. The van der Waals surface area contributed by atoms with E-state index >= 15 is 0 Å². The van der Waals surface area contributed by atoms with Gasteiger partial charge >= 0.3 is 6.18 Å². The van der Waals surface area contributed by atoms with Gasteiger partial charge in [-0.25, -0.2) is 9.97 Å². The Hall–Kier alpha value is -5.97. The van der Waals surface area contributed by atoms with Gasteiger partial charge in [0.15, 0.2) is 17.3 Å². The van der Waals surface area contributed by atoms with Crippen molar-refractivity contribution in [2.24, 2.45) is 0 Å². The lowest BCUT2D eigenvalue weighted by molar-refractivity contribution is -0.137. The van der Waals surface area contributed by atoms with Crippen LogP contribution in [0.25, 0.3) is 28.1 Å². The largest absolute Gasteiger partial charge is 0.504 e. The highest BCUT2D eigenvalue weighted by molar-refractivity contribution is 6.33. The Kier molecular flexibility index (Phi) is 9.51. The maximum atomic E-state index is 14.4. The zero-order valence-electron chi connectivity index (χ0n) is 29.4. The quantitative estimate of drug-likeness (QED) is 0.214. The molecule has 5 heterocycles. The van der Waals surface area contributed by atoms with Gasteiger partial charge < -0.3 is 29.4 Å². The number of carbonyl (C=O) groups excluding carboxylic acids is 2. The molecule has 4 aromatic heterocycles. The second kappa shape index (κ2) is 14.1. The van der Waals surface area contributed by atoms with Crippen molar-refractivity contribution in [3.63, 3.8) is 0 Å². The van der Waals surface area contributed by atoms with Crippen molar-refractivity contribution in [3.05, 3.63) is 93.0 Å². The molecule has 18 heteroatoms. The van der Waals surface area contributed by atoms with Gasteiger partial charge in [0.1, 0.15) is 18.6 Å². The molecule has 2 aromatic carbocycles. The number of halogens is 4. The third kappa shape index (κ3) is 6.59. The molecule has 0 bridgehead atoms. The minimum absolute atomic E-state index is 0.0230. The Bertz CT molecular complexity index is 2500. The molecule has 0 aliphatic carbocycles. The van der Waals surface area contributed by atoms with E-state index in [2.05, 4.69) is 25.0 Å². The van der Waals surface area contributed by atoms with E-state index in [9.17, 15) is 32.7 Å². The fourth-order valence-corrected chi connectivity index (χ4v) is 6.93. The summed E-state index contributed by atoms with van der Waals surface area (Å²) in [5.41, 5.74) is 1.05. The topological polar surface area (TPSA) is 156 Å². The van der Waals surface area contributed by atoms with Gasteiger partial charge in [-0.2, -0.15) is 22.7 Å². The molecule has 1 fully saturated rings. The van der Waals surface area contributed by atoms with Crippen LogP contribution < -0.4 is 15.8 Å². The number of piperazine rings is 1. The number of aromatic nitrogens is 7. The lowest BCUT2D eigenvalue weighted by Gasteiger charge is -2.36. The number of fused-ring (bicyclic) bond motifs is 2. The van der Waals surface area contributed by atoms with Gasteiger partial charge in [-0.3, -0.25) is 14.4 Å². The molecule has 1 aliphatic heterocycles. The molecule has 2 amide bonds. The van der Waals surface area contributed by atoms with Gasteiger partial charge in [0.05, 0.1) is 27.7 Å². The number of nitrogens with one attached hydrogen (secondary N) is 1. The zero-order valence-corrected chi connectivity index (χ0v) is 30.1. The van der Waals surface area contributed by atoms with Gasteiger partial charge in [0, 0.05) is 55.4 Å². The van der Waals surface area contributed by atoms with E-state index < -0.39 is 35.7 Å². The summed E-state index contributed by atoms with van der Waals surface area (Å²) < 4.78 is 44.6. The Morgan fingerprint density at radius 1 is 1.02 bits per heavy atom. The van der Waals surface area contributed by atoms with Crippen LogP contribution in [0.2, 0.25) is 5.02 Å². The lowest BCUT2D eigenvalue weighted by Crippen LogP contribution is -2.51. The summed E-state index contributed by atoms with van der Waals surface area (Å²) in [6.45, 7) is 6.64. The van der Waals surface area contributed by atoms with Gasteiger partial charge in [-0.15, -0.1) is 5.10 Å². The first-order chi connectivity index (χ1) is 25.8. The second-order valence-electron chi connectivity index (χ2n) is 12.7.